The Morgan fingerprint density at radius 2 is 1.50 bits per heavy atom. The second kappa shape index (κ2) is 8.70. The Bertz CT molecular complexity index is 414. The van der Waals surface area contributed by atoms with E-state index in [2.05, 4.69) is 0 Å². The van der Waals surface area contributed by atoms with E-state index in [4.69, 9.17) is 14.2 Å². The average molecular weight is 343 g/mol. The first-order valence-corrected chi connectivity index (χ1v) is 8.74. The van der Waals surface area contributed by atoms with Gasteiger partial charge in [-0.05, 0) is 60.3 Å². The summed E-state index contributed by atoms with van der Waals surface area (Å²) < 4.78 is 16.2. The summed E-state index contributed by atoms with van der Waals surface area (Å²) in [4.78, 5) is 25.3. The second-order valence-corrected chi connectivity index (χ2v) is 8.32. The van der Waals surface area contributed by atoms with Gasteiger partial charge in [-0.2, -0.15) is 0 Å². The minimum Gasteiger partial charge on any atom is -0.460 e. The van der Waals surface area contributed by atoms with Crippen LogP contribution >= 0.6 is 0 Å². The Hall–Kier alpha value is -1.30. The molecule has 0 spiro atoms. The maximum absolute atomic E-state index is 12.0. The van der Waals surface area contributed by atoms with Crippen LogP contribution in [0.25, 0.3) is 0 Å². The van der Waals surface area contributed by atoms with Gasteiger partial charge in [0.2, 0.25) is 0 Å². The number of ether oxygens (including phenoxy) is 3. The molecule has 1 aliphatic rings. The van der Waals surface area contributed by atoms with Crippen molar-refractivity contribution in [2.75, 3.05) is 26.3 Å². The largest absolute Gasteiger partial charge is 0.460 e. The van der Waals surface area contributed by atoms with Crippen LogP contribution in [0.2, 0.25) is 0 Å². The van der Waals surface area contributed by atoms with Gasteiger partial charge in [-0.15, -0.1) is 0 Å². The van der Waals surface area contributed by atoms with E-state index in [1.165, 1.54) is 0 Å². The summed E-state index contributed by atoms with van der Waals surface area (Å²) in [5.41, 5.74) is -0.912. The molecule has 1 heterocycles. The highest BCUT2D eigenvalue weighted by atomic mass is 16.6. The predicted molar refractivity (Wildman–Crippen MR) is 91.8 cm³/mol. The first-order valence-electron chi connectivity index (χ1n) is 8.74. The maximum atomic E-state index is 12.0. The maximum Gasteiger partial charge on any atom is 0.410 e. The van der Waals surface area contributed by atoms with Crippen molar-refractivity contribution in [3.05, 3.63) is 0 Å². The zero-order chi connectivity index (χ0) is 18.4. The van der Waals surface area contributed by atoms with Crippen LogP contribution in [0.4, 0.5) is 4.79 Å². The number of carbonyl (C=O) groups excluding carboxylic acids is 2. The van der Waals surface area contributed by atoms with Gasteiger partial charge in [-0.25, -0.2) is 4.79 Å². The molecular weight excluding hydrogens is 310 g/mol. The topological polar surface area (TPSA) is 65.1 Å². The Morgan fingerprint density at radius 1 is 0.958 bits per heavy atom. The fraction of sp³-hybridized carbons (Fsp3) is 0.889. The number of rotatable bonds is 5. The second-order valence-electron chi connectivity index (χ2n) is 8.32. The summed E-state index contributed by atoms with van der Waals surface area (Å²) in [6, 6.07) is 0. The van der Waals surface area contributed by atoms with Crippen LogP contribution < -0.4 is 0 Å². The number of carbonyl (C=O) groups is 2. The summed E-state index contributed by atoms with van der Waals surface area (Å²) in [6.45, 7) is 13.5. The standard InChI is InChI=1S/C18H33NO5/c1-17(2,3)23-15(20)9-12-22-13-14-7-10-19(11-8-14)16(21)24-18(4,5)6/h14H,7-13H2,1-6H3. The zero-order valence-corrected chi connectivity index (χ0v) is 16.0. The number of esters is 1. The minimum atomic E-state index is -0.460. The van der Waals surface area contributed by atoms with Gasteiger partial charge in [-0.1, -0.05) is 0 Å². The number of nitrogens with zero attached hydrogens (tertiary/aromatic N) is 1. The number of likely N-dealkylation sites (tertiary alicyclic amines) is 1. The molecule has 6 nitrogen and oxygen atoms in total. The Labute approximate surface area is 145 Å². The van der Waals surface area contributed by atoms with E-state index in [0.717, 1.165) is 12.8 Å². The predicted octanol–water partition coefficient (Wildman–Crippen LogP) is 3.38. The average Bonchev–Trinajstić information content (AvgIpc) is 2.40. The molecule has 1 fully saturated rings. The lowest BCUT2D eigenvalue weighted by molar-refractivity contribution is -0.156. The monoisotopic (exact) mass is 343 g/mol. The van der Waals surface area contributed by atoms with Crippen molar-refractivity contribution in [1.82, 2.24) is 4.90 Å². The van der Waals surface area contributed by atoms with Crippen LogP contribution in [0.15, 0.2) is 0 Å². The fourth-order valence-corrected chi connectivity index (χ4v) is 2.41. The summed E-state index contributed by atoms with van der Waals surface area (Å²) in [5.74, 6) is 0.185. The lowest BCUT2D eigenvalue weighted by Gasteiger charge is -2.33. The molecule has 0 N–H and O–H groups in total. The van der Waals surface area contributed by atoms with Crippen molar-refractivity contribution in [2.24, 2.45) is 5.92 Å². The molecule has 24 heavy (non-hydrogen) atoms. The number of hydrogen-bond donors (Lipinski definition) is 0. The molecule has 0 aromatic rings. The molecule has 0 saturated carbocycles. The highest BCUT2D eigenvalue weighted by molar-refractivity contribution is 5.70. The minimum absolute atomic E-state index is 0.234. The van der Waals surface area contributed by atoms with Gasteiger partial charge < -0.3 is 19.1 Å². The Kier molecular flexibility index (Phi) is 7.52. The van der Waals surface area contributed by atoms with Gasteiger partial charge in [0.1, 0.15) is 11.2 Å². The van der Waals surface area contributed by atoms with Crippen molar-refractivity contribution in [3.8, 4) is 0 Å². The normalized spacial score (nSPS) is 16.8. The van der Waals surface area contributed by atoms with Gasteiger partial charge in [0.25, 0.3) is 0 Å². The molecule has 0 aromatic heterocycles. The lowest BCUT2D eigenvalue weighted by atomic mass is 9.98. The molecule has 1 amide bonds. The van der Waals surface area contributed by atoms with Gasteiger partial charge in [-0.3, -0.25) is 4.79 Å². The molecule has 6 heteroatoms. The zero-order valence-electron chi connectivity index (χ0n) is 16.0. The molecule has 1 rings (SSSR count). The Morgan fingerprint density at radius 3 is 2.00 bits per heavy atom. The SMILES string of the molecule is CC(C)(C)OC(=O)CCOCC1CCN(C(=O)OC(C)(C)C)CC1. The molecule has 0 aromatic carbocycles. The highest BCUT2D eigenvalue weighted by Crippen LogP contribution is 2.20. The van der Waals surface area contributed by atoms with Crippen LogP contribution in [0, 0.1) is 5.92 Å². The third-order valence-electron chi connectivity index (χ3n) is 3.49. The van der Waals surface area contributed by atoms with E-state index in [1.54, 1.807) is 4.90 Å². The molecule has 0 atom stereocenters. The van der Waals surface area contributed by atoms with Crippen molar-refractivity contribution in [1.29, 1.82) is 0 Å². The van der Waals surface area contributed by atoms with Crippen molar-refractivity contribution in [2.45, 2.75) is 72.0 Å². The van der Waals surface area contributed by atoms with Crippen LogP contribution in [-0.4, -0.2) is 54.5 Å². The molecule has 0 unspecified atom stereocenters. The van der Waals surface area contributed by atoms with E-state index in [-0.39, 0.29) is 18.5 Å². The van der Waals surface area contributed by atoms with E-state index < -0.39 is 11.2 Å². The highest BCUT2D eigenvalue weighted by Gasteiger charge is 2.27. The first kappa shape index (κ1) is 20.7. The van der Waals surface area contributed by atoms with Crippen LogP contribution in [0.1, 0.15) is 60.8 Å². The molecule has 140 valence electrons. The van der Waals surface area contributed by atoms with Crippen molar-refractivity contribution < 1.29 is 23.8 Å². The van der Waals surface area contributed by atoms with Crippen LogP contribution in [-0.2, 0) is 19.0 Å². The fourth-order valence-electron chi connectivity index (χ4n) is 2.41. The van der Waals surface area contributed by atoms with E-state index >= 15 is 0 Å². The Balaban J connectivity index is 2.16. The van der Waals surface area contributed by atoms with Crippen molar-refractivity contribution in [3.63, 3.8) is 0 Å². The molecular formula is C18H33NO5. The number of amides is 1. The van der Waals surface area contributed by atoms with Gasteiger partial charge in [0.05, 0.1) is 13.0 Å². The number of piperidine rings is 1. The summed E-state index contributed by atoms with van der Waals surface area (Å²) >= 11 is 0. The summed E-state index contributed by atoms with van der Waals surface area (Å²) in [7, 11) is 0. The molecule has 0 bridgehead atoms. The third kappa shape index (κ3) is 9.11. The van der Waals surface area contributed by atoms with Crippen LogP contribution in [0.5, 0.6) is 0 Å². The first-order chi connectivity index (χ1) is 11.0. The summed E-state index contributed by atoms with van der Waals surface area (Å²) in [6.07, 6.45) is 1.82. The van der Waals surface area contributed by atoms with Gasteiger partial charge in [0.15, 0.2) is 0 Å². The van der Waals surface area contributed by atoms with Gasteiger partial charge in [0, 0.05) is 19.7 Å². The third-order valence-corrected chi connectivity index (χ3v) is 3.49. The lowest BCUT2D eigenvalue weighted by Crippen LogP contribution is -2.42. The van der Waals surface area contributed by atoms with Crippen molar-refractivity contribution >= 4 is 12.1 Å². The summed E-state index contributed by atoms with van der Waals surface area (Å²) in [5, 5.41) is 0. The van der Waals surface area contributed by atoms with E-state index in [9.17, 15) is 9.59 Å². The van der Waals surface area contributed by atoms with Crippen LogP contribution in [0.3, 0.4) is 0 Å². The van der Waals surface area contributed by atoms with E-state index in [1.807, 2.05) is 41.5 Å². The smallest absolute Gasteiger partial charge is 0.410 e. The molecule has 0 radical (unpaired) electrons. The van der Waals surface area contributed by atoms with Gasteiger partial charge >= 0.3 is 12.1 Å². The molecule has 1 aliphatic heterocycles. The molecule has 0 aliphatic carbocycles. The van der Waals surface area contributed by atoms with E-state index in [0.29, 0.717) is 32.2 Å². The quantitative estimate of drug-likeness (QED) is 0.565. The number of hydrogen-bond acceptors (Lipinski definition) is 5. The molecule has 1 saturated heterocycles.